The Morgan fingerprint density at radius 3 is 2.70 bits per heavy atom. The van der Waals surface area contributed by atoms with E-state index in [0.717, 1.165) is 19.6 Å². The molecule has 0 bridgehead atoms. The standard InChI is InChI=1S/C16H27N3O/c1-13(2)11-18(15-5-3-4-6-15)9-10-19-12-14(17)7-8-16(19)20/h7-8,12-13,15H,3-6,9-11,17H2,1-2H3. The minimum atomic E-state index is 0.0371. The molecule has 0 saturated heterocycles. The first-order valence-corrected chi connectivity index (χ1v) is 7.76. The topological polar surface area (TPSA) is 51.3 Å². The second-order valence-corrected chi connectivity index (χ2v) is 6.32. The molecule has 1 aromatic rings. The summed E-state index contributed by atoms with van der Waals surface area (Å²) in [5.74, 6) is 0.660. The fraction of sp³-hybridized carbons (Fsp3) is 0.688. The van der Waals surface area contributed by atoms with Crippen molar-refractivity contribution < 1.29 is 0 Å². The van der Waals surface area contributed by atoms with Crippen molar-refractivity contribution in [2.24, 2.45) is 5.92 Å². The Bertz CT molecular complexity index is 475. The SMILES string of the molecule is CC(C)CN(CCn1cc(N)ccc1=O)C1CCCC1. The second-order valence-electron chi connectivity index (χ2n) is 6.32. The summed E-state index contributed by atoms with van der Waals surface area (Å²) in [6.45, 7) is 7.30. The summed E-state index contributed by atoms with van der Waals surface area (Å²) >= 11 is 0. The van der Waals surface area contributed by atoms with Crippen molar-refractivity contribution in [1.82, 2.24) is 9.47 Å². The van der Waals surface area contributed by atoms with Crippen molar-refractivity contribution >= 4 is 5.69 Å². The van der Waals surface area contributed by atoms with Crippen LogP contribution in [0.3, 0.4) is 0 Å². The minimum absolute atomic E-state index is 0.0371. The molecule has 1 aliphatic carbocycles. The number of aromatic nitrogens is 1. The molecule has 4 nitrogen and oxygen atoms in total. The highest BCUT2D eigenvalue weighted by atomic mass is 16.1. The number of nitrogens with zero attached hydrogens (tertiary/aromatic N) is 2. The fourth-order valence-electron chi connectivity index (χ4n) is 3.12. The van der Waals surface area contributed by atoms with E-state index in [1.54, 1.807) is 22.9 Å². The Morgan fingerprint density at radius 2 is 2.05 bits per heavy atom. The van der Waals surface area contributed by atoms with Crippen LogP contribution in [0, 0.1) is 5.92 Å². The number of nitrogens with two attached hydrogens (primary N) is 1. The average Bonchev–Trinajstić information content (AvgIpc) is 2.91. The van der Waals surface area contributed by atoms with Crippen LogP contribution in [0.1, 0.15) is 39.5 Å². The van der Waals surface area contributed by atoms with Crippen molar-refractivity contribution in [2.75, 3.05) is 18.8 Å². The molecule has 112 valence electrons. The Morgan fingerprint density at radius 1 is 1.35 bits per heavy atom. The first-order valence-electron chi connectivity index (χ1n) is 7.76. The van der Waals surface area contributed by atoms with Gasteiger partial charge in [-0.3, -0.25) is 9.69 Å². The van der Waals surface area contributed by atoms with Crippen LogP contribution in [0.15, 0.2) is 23.1 Å². The molecule has 1 fully saturated rings. The first-order chi connectivity index (χ1) is 9.56. The number of pyridine rings is 1. The van der Waals surface area contributed by atoms with E-state index in [2.05, 4.69) is 18.7 Å². The van der Waals surface area contributed by atoms with E-state index >= 15 is 0 Å². The van der Waals surface area contributed by atoms with Crippen LogP contribution in [0.25, 0.3) is 0 Å². The molecule has 1 saturated carbocycles. The summed E-state index contributed by atoms with van der Waals surface area (Å²) in [6.07, 6.45) is 7.05. The van der Waals surface area contributed by atoms with Crippen LogP contribution in [-0.4, -0.2) is 28.6 Å². The van der Waals surface area contributed by atoms with E-state index in [4.69, 9.17) is 5.73 Å². The van der Waals surface area contributed by atoms with Gasteiger partial charge in [0.25, 0.3) is 5.56 Å². The zero-order chi connectivity index (χ0) is 14.5. The predicted octanol–water partition coefficient (Wildman–Crippen LogP) is 2.33. The van der Waals surface area contributed by atoms with Gasteiger partial charge in [0.1, 0.15) is 0 Å². The van der Waals surface area contributed by atoms with Gasteiger partial charge in [0.2, 0.25) is 0 Å². The molecule has 20 heavy (non-hydrogen) atoms. The molecule has 0 radical (unpaired) electrons. The molecule has 4 heteroatoms. The summed E-state index contributed by atoms with van der Waals surface area (Å²) < 4.78 is 1.73. The molecule has 0 unspecified atom stereocenters. The summed E-state index contributed by atoms with van der Waals surface area (Å²) in [4.78, 5) is 14.4. The molecule has 1 aliphatic rings. The molecule has 2 N–H and O–H groups in total. The zero-order valence-corrected chi connectivity index (χ0v) is 12.7. The van der Waals surface area contributed by atoms with Gasteiger partial charge in [0, 0.05) is 43.6 Å². The fourth-order valence-corrected chi connectivity index (χ4v) is 3.12. The molecular formula is C16H27N3O. The monoisotopic (exact) mass is 277 g/mol. The number of hydrogen-bond acceptors (Lipinski definition) is 3. The Kier molecular flexibility index (Phi) is 5.24. The van der Waals surface area contributed by atoms with Gasteiger partial charge in [-0.2, -0.15) is 0 Å². The van der Waals surface area contributed by atoms with Gasteiger partial charge in [0.15, 0.2) is 0 Å². The lowest BCUT2D eigenvalue weighted by atomic mass is 10.1. The minimum Gasteiger partial charge on any atom is -0.398 e. The van der Waals surface area contributed by atoms with Crippen LogP contribution in [0.4, 0.5) is 5.69 Å². The van der Waals surface area contributed by atoms with Crippen LogP contribution >= 0.6 is 0 Å². The maximum Gasteiger partial charge on any atom is 0.250 e. The third kappa shape index (κ3) is 4.10. The first kappa shape index (κ1) is 15.1. The molecule has 0 aromatic carbocycles. The third-order valence-corrected chi connectivity index (χ3v) is 4.08. The smallest absolute Gasteiger partial charge is 0.250 e. The van der Waals surface area contributed by atoms with Crippen molar-refractivity contribution in [3.05, 3.63) is 28.7 Å². The van der Waals surface area contributed by atoms with E-state index in [0.29, 0.717) is 17.6 Å². The van der Waals surface area contributed by atoms with Crippen molar-refractivity contribution in [2.45, 2.75) is 52.1 Å². The second kappa shape index (κ2) is 6.93. The maximum atomic E-state index is 11.8. The molecule has 0 amide bonds. The van der Waals surface area contributed by atoms with E-state index < -0.39 is 0 Å². The van der Waals surface area contributed by atoms with E-state index in [1.807, 2.05) is 0 Å². The molecule has 1 heterocycles. The van der Waals surface area contributed by atoms with Crippen LogP contribution in [0.5, 0.6) is 0 Å². The number of nitrogen functional groups attached to an aromatic ring is 1. The summed E-state index contributed by atoms with van der Waals surface area (Å²) in [6, 6.07) is 3.92. The Labute approximate surface area is 121 Å². The highest BCUT2D eigenvalue weighted by Crippen LogP contribution is 2.24. The largest absolute Gasteiger partial charge is 0.398 e. The van der Waals surface area contributed by atoms with Crippen molar-refractivity contribution in [3.63, 3.8) is 0 Å². The van der Waals surface area contributed by atoms with E-state index in [1.165, 1.54) is 25.7 Å². The predicted molar refractivity (Wildman–Crippen MR) is 83.8 cm³/mol. The highest BCUT2D eigenvalue weighted by Gasteiger charge is 2.22. The van der Waals surface area contributed by atoms with Gasteiger partial charge in [-0.1, -0.05) is 26.7 Å². The summed E-state index contributed by atoms with van der Waals surface area (Å²) in [7, 11) is 0. The van der Waals surface area contributed by atoms with Gasteiger partial charge in [-0.05, 0) is 24.8 Å². The molecule has 0 atom stereocenters. The summed E-state index contributed by atoms with van der Waals surface area (Å²) in [5, 5.41) is 0. The van der Waals surface area contributed by atoms with Gasteiger partial charge < -0.3 is 10.3 Å². The van der Waals surface area contributed by atoms with Gasteiger partial charge in [0.05, 0.1) is 0 Å². The van der Waals surface area contributed by atoms with Crippen molar-refractivity contribution in [3.8, 4) is 0 Å². The zero-order valence-electron chi connectivity index (χ0n) is 12.7. The number of rotatable bonds is 6. The number of anilines is 1. The number of hydrogen-bond donors (Lipinski definition) is 1. The molecular weight excluding hydrogens is 250 g/mol. The Balaban J connectivity index is 2.00. The van der Waals surface area contributed by atoms with Crippen LogP contribution < -0.4 is 11.3 Å². The van der Waals surface area contributed by atoms with Crippen LogP contribution in [0.2, 0.25) is 0 Å². The highest BCUT2D eigenvalue weighted by molar-refractivity contribution is 5.33. The van der Waals surface area contributed by atoms with Gasteiger partial charge >= 0.3 is 0 Å². The lowest BCUT2D eigenvalue weighted by molar-refractivity contribution is 0.170. The van der Waals surface area contributed by atoms with E-state index in [-0.39, 0.29) is 5.56 Å². The van der Waals surface area contributed by atoms with Crippen molar-refractivity contribution in [1.29, 1.82) is 0 Å². The molecule has 0 spiro atoms. The maximum absolute atomic E-state index is 11.8. The average molecular weight is 277 g/mol. The molecule has 1 aromatic heterocycles. The van der Waals surface area contributed by atoms with Crippen LogP contribution in [-0.2, 0) is 6.54 Å². The lowest BCUT2D eigenvalue weighted by Gasteiger charge is -2.30. The lowest BCUT2D eigenvalue weighted by Crippen LogP contribution is -2.39. The quantitative estimate of drug-likeness (QED) is 0.868. The van der Waals surface area contributed by atoms with E-state index in [9.17, 15) is 4.79 Å². The summed E-state index contributed by atoms with van der Waals surface area (Å²) in [5.41, 5.74) is 6.45. The van der Waals surface area contributed by atoms with Gasteiger partial charge in [-0.15, -0.1) is 0 Å². The van der Waals surface area contributed by atoms with Gasteiger partial charge in [-0.25, -0.2) is 0 Å². The molecule has 2 rings (SSSR count). The molecule has 0 aliphatic heterocycles. The Hall–Kier alpha value is -1.29. The third-order valence-electron chi connectivity index (χ3n) is 4.08. The normalized spacial score (nSPS) is 16.4.